The molecule has 0 saturated carbocycles. The van der Waals surface area contributed by atoms with E-state index in [4.69, 9.17) is 0 Å². The summed E-state index contributed by atoms with van der Waals surface area (Å²) in [4.78, 5) is 0. The predicted octanol–water partition coefficient (Wildman–Crippen LogP) is 4.03. The molecule has 0 aromatic carbocycles. The molecule has 70 valence electrons. The molecule has 1 rings (SSSR count). The van der Waals surface area contributed by atoms with Crippen LogP contribution < -0.4 is 0 Å². The highest BCUT2D eigenvalue weighted by Gasteiger charge is 1.95. The van der Waals surface area contributed by atoms with Gasteiger partial charge in [-0.05, 0) is 19.3 Å². The van der Waals surface area contributed by atoms with Crippen molar-refractivity contribution in [1.82, 2.24) is 0 Å². The summed E-state index contributed by atoms with van der Waals surface area (Å²) in [6, 6.07) is 0. The van der Waals surface area contributed by atoms with Crippen LogP contribution in [-0.4, -0.2) is 0 Å². The van der Waals surface area contributed by atoms with Gasteiger partial charge in [0, 0.05) is 5.92 Å². The van der Waals surface area contributed by atoms with Crippen molar-refractivity contribution < 1.29 is 0 Å². The van der Waals surface area contributed by atoms with E-state index in [0.29, 0.717) is 5.92 Å². The largest absolute Gasteiger partial charge is 0.0888 e. The topological polar surface area (TPSA) is 0 Å². The molecule has 0 aliphatic heterocycles. The summed E-state index contributed by atoms with van der Waals surface area (Å²) in [6.45, 7) is 2.17. The van der Waals surface area contributed by atoms with Crippen LogP contribution in [0.2, 0.25) is 0 Å². The minimum Gasteiger partial charge on any atom is -0.0888 e. The van der Waals surface area contributed by atoms with Gasteiger partial charge in [0.15, 0.2) is 0 Å². The third kappa shape index (κ3) is 4.51. The summed E-state index contributed by atoms with van der Waals surface area (Å²) in [7, 11) is 0. The van der Waals surface area contributed by atoms with Crippen molar-refractivity contribution >= 4 is 0 Å². The highest BCUT2D eigenvalue weighted by Crippen LogP contribution is 2.10. The molecule has 0 amide bonds. The Morgan fingerprint density at radius 1 is 1.00 bits per heavy atom. The van der Waals surface area contributed by atoms with Gasteiger partial charge in [0.25, 0.3) is 0 Å². The van der Waals surface area contributed by atoms with E-state index >= 15 is 0 Å². The van der Waals surface area contributed by atoms with Crippen LogP contribution in [0.5, 0.6) is 0 Å². The number of hydrogen-bond acceptors (Lipinski definition) is 0. The van der Waals surface area contributed by atoms with E-state index in [1.54, 1.807) is 0 Å². The Morgan fingerprint density at radius 3 is 2.38 bits per heavy atom. The second-order valence-corrected chi connectivity index (χ2v) is 3.23. The zero-order valence-electron chi connectivity index (χ0n) is 8.32. The lowest BCUT2D eigenvalue weighted by molar-refractivity contribution is 1.00. The van der Waals surface area contributed by atoms with Crippen molar-refractivity contribution in [2.45, 2.75) is 26.2 Å². The average Bonchev–Trinajstić information content (AvgIpc) is 2.63. The quantitative estimate of drug-likeness (QED) is 0.436. The fourth-order valence-electron chi connectivity index (χ4n) is 1.31. The Bertz CT molecular complexity index is 216. The normalized spacial score (nSPS) is 17.0. The predicted molar refractivity (Wildman–Crippen MR) is 59.6 cm³/mol. The first-order valence-electron chi connectivity index (χ1n) is 5.10. The molecule has 0 aromatic heterocycles. The Labute approximate surface area is 81.4 Å². The minimum absolute atomic E-state index is 0.551. The van der Waals surface area contributed by atoms with Crippen molar-refractivity contribution in [3.05, 3.63) is 48.6 Å². The fraction of sp³-hybridized carbons (Fsp3) is 0.385. The van der Waals surface area contributed by atoms with Gasteiger partial charge >= 0.3 is 0 Å². The minimum atomic E-state index is 0.551. The van der Waals surface area contributed by atoms with Gasteiger partial charge in [-0.2, -0.15) is 0 Å². The monoisotopic (exact) mass is 174 g/mol. The maximum Gasteiger partial charge on any atom is 0.0133 e. The highest BCUT2D eigenvalue weighted by molar-refractivity contribution is 5.22. The molecule has 0 heteroatoms. The van der Waals surface area contributed by atoms with Gasteiger partial charge in [0.05, 0.1) is 0 Å². The SMILES string of the molecule is CCC=CCCC=CC1C=CC=C1. The molecule has 0 saturated heterocycles. The van der Waals surface area contributed by atoms with Gasteiger partial charge in [-0.1, -0.05) is 55.5 Å². The number of rotatable bonds is 5. The van der Waals surface area contributed by atoms with Crippen LogP contribution in [0.25, 0.3) is 0 Å². The Morgan fingerprint density at radius 2 is 1.69 bits per heavy atom. The fourth-order valence-corrected chi connectivity index (χ4v) is 1.31. The summed E-state index contributed by atoms with van der Waals surface area (Å²) in [5.41, 5.74) is 0. The van der Waals surface area contributed by atoms with E-state index in [2.05, 4.69) is 55.5 Å². The van der Waals surface area contributed by atoms with Crippen molar-refractivity contribution in [1.29, 1.82) is 0 Å². The number of hydrogen-bond donors (Lipinski definition) is 0. The molecule has 0 fully saturated rings. The zero-order chi connectivity index (χ0) is 9.36. The maximum atomic E-state index is 2.27. The standard InChI is InChI=1S/C13H18/c1-2-3-4-5-6-7-10-13-11-8-9-12-13/h3-4,7-13H,2,5-6H2,1H3. The Hall–Kier alpha value is -1.04. The van der Waals surface area contributed by atoms with Crippen molar-refractivity contribution in [3.63, 3.8) is 0 Å². The molecule has 0 nitrogen and oxygen atoms in total. The molecule has 0 heterocycles. The van der Waals surface area contributed by atoms with Crippen LogP contribution in [0.1, 0.15) is 26.2 Å². The number of unbranched alkanes of at least 4 members (excludes halogenated alkanes) is 1. The molecule has 0 spiro atoms. The lowest BCUT2D eigenvalue weighted by Gasteiger charge is -1.93. The number of allylic oxidation sites excluding steroid dienone is 8. The third-order valence-electron chi connectivity index (χ3n) is 2.04. The first kappa shape index (κ1) is 10.0. The van der Waals surface area contributed by atoms with Gasteiger partial charge in [-0.15, -0.1) is 0 Å². The van der Waals surface area contributed by atoms with Crippen LogP contribution in [0, 0.1) is 5.92 Å². The van der Waals surface area contributed by atoms with Crippen LogP contribution in [0.4, 0.5) is 0 Å². The molecule has 1 aliphatic rings. The first-order chi connectivity index (χ1) is 6.43. The molecule has 0 aromatic rings. The highest BCUT2D eigenvalue weighted by atomic mass is 14.0. The van der Waals surface area contributed by atoms with E-state index in [1.807, 2.05) is 0 Å². The van der Waals surface area contributed by atoms with Crippen LogP contribution in [-0.2, 0) is 0 Å². The van der Waals surface area contributed by atoms with E-state index in [1.165, 1.54) is 6.42 Å². The van der Waals surface area contributed by atoms with Crippen LogP contribution in [0.3, 0.4) is 0 Å². The van der Waals surface area contributed by atoms with Gasteiger partial charge in [-0.3, -0.25) is 0 Å². The zero-order valence-corrected chi connectivity index (χ0v) is 8.32. The summed E-state index contributed by atoms with van der Waals surface area (Å²) in [6.07, 6.45) is 21.1. The molecule has 0 radical (unpaired) electrons. The van der Waals surface area contributed by atoms with E-state index < -0.39 is 0 Å². The molecular formula is C13H18. The smallest absolute Gasteiger partial charge is 0.0133 e. The summed E-state index contributed by atoms with van der Waals surface area (Å²) in [5.74, 6) is 0.551. The molecular weight excluding hydrogens is 156 g/mol. The van der Waals surface area contributed by atoms with Gasteiger partial charge < -0.3 is 0 Å². The van der Waals surface area contributed by atoms with Crippen LogP contribution in [0.15, 0.2) is 48.6 Å². The maximum absolute atomic E-state index is 2.27. The van der Waals surface area contributed by atoms with Crippen molar-refractivity contribution in [2.75, 3.05) is 0 Å². The lowest BCUT2D eigenvalue weighted by Crippen LogP contribution is -1.79. The van der Waals surface area contributed by atoms with E-state index in [0.717, 1.165) is 12.8 Å². The molecule has 0 N–H and O–H groups in total. The van der Waals surface area contributed by atoms with Gasteiger partial charge in [0.2, 0.25) is 0 Å². The van der Waals surface area contributed by atoms with Gasteiger partial charge in [-0.25, -0.2) is 0 Å². The first-order valence-corrected chi connectivity index (χ1v) is 5.10. The molecule has 13 heavy (non-hydrogen) atoms. The van der Waals surface area contributed by atoms with Crippen LogP contribution >= 0.6 is 0 Å². The van der Waals surface area contributed by atoms with Crippen molar-refractivity contribution in [2.24, 2.45) is 5.92 Å². The molecule has 0 atom stereocenters. The van der Waals surface area contributed by atoms with E-state index in [9.17, 15) is 0 Å². The van der Waals surface area contributed by atoms with E-state index in [-0.39, 0.29) is 0 Å². The molecule has 0 unspecified atom stereocenters. The second-order valence-electron chi connectivity index (χ2n) is 3.23. The third-order valence-corrected chi connectivity index (χ3v) is 2.04. The summed E-state index contributed by atoms with van der Waals surface area (Å²) in [5, 5.41) is 0. The molecule has 0 bridgehead atoms. The lowest BCUT2D eigenvalue weighted by atomic mass is 10.1. The Kier molecular flexibility index (Phi) is 5.00. The summed E-state index contributed by atoms with van der Waals surface area (Å²) >= 11 is 0. The summed E-state index contributed by atoms with van der Waals surface area (Å²) < 4.78 is 0. The Balaban J connectivity index is 2.08. The van der Waals surface area contributed by atoms with Gasteiger partial charge in [0.1, 0.15) is 0 Å². The average molecular weight is 174 g/mol. The second kappa shape index (κ2) is 6.47. The van der Waals surface area contributed by atoms with Crippen molar-refractivity contribution in [3.8, 4) is 0 Å². The molecule has 1 aliphatic carbocycles.